The van der Waals surface area contributed by atoms with Crippen LogP contribution in [0.25, 0.3) is 5.57 Å². The van der Waals surface area contributed by atoms with Gasteiger partial charge in [-0.2, -0.15) is 0 Å². The summed E-state index contributed by atoms with van der Waals surface area (Å²) in [6.07, 6.45) is 8.26. The maximum Gasteiger partial charge on any atom is 0.161 e. The van der Waals surface area contributed by atoms with E-state index in [2.05, 4.69) is 99.6 Å². The van der Waals surface area contributed by atoms with E-state index in [9.17, 15) is 0 Å². The average Bonchev–Trinajstić information content (AvgIpc) is 3.32. The summed E-state index contributed by atoms with van der Waals surface area (Å²) in [7, 11) is 4.35. The predicted molar refractivity (Wildman–Crippen MR) is 128 cm³/mol. The van der Waals surface area contributed by atoms with E-state index < -0.39 is 0 Å². The first-order valence-corrected chi connectivity index (χ1v) is 11.0. The van der Waals surface area contributed by atoms with Crippen LogP contribution in [0.2, 0.25) is 0 Å². The van der Waals surface area contributed by atoms with E-state index in [0.717, 1.165) is 11.5 Å². The second-order valence-electron chi connectivity index (χ2n) is 9.07. The van der Waals surface area contributed by atoms with Crippen molar-refractivity contribution in [1.82, 2.24) is 14.9 Å². The smallest absolute Gasteiger partial charge is 0.161 e. The molecule has 6 nitrogen and oxygen atoms in total. The Morgan fingerprint density at radius 1 is 0.875 bits per heavy atom. The predicted octanol–water partition coefficient (Wildman–Crippen LogP) is 4.38. The van der Waals surface area contributed by atoms with Crippen molar-refractivity contribution in [3.05, 3.63) is 91.2 Å². The number of fused-ring (bicyclic) bond motifs is 12. The summed E-state index contributed by atoms with van der Waals surface area (Å²) < 4.78 is 0. The summed E-state index contributed by atoms with van der Waals surface area (Å²) in [5, 5.41) is 0. The molecule has 4 aliphatic rings. The lowest BCUT2D eigenvalue weighted by Gasteiger charge is -2.50. The van der Waals surface area contributed by atoms with E-state index in [1.165, 1.54) is 28.1 Å². The Hall–Kier alpha value is -3.80. The van der Waals surface area contributed by atoms with Gasteiger partial charge in [0.1, 0.15) is 24.3 Å². The molecule has 3 aromatic rings. The van der Waals surface area contributed by atoms with Gasteiger partial charge in [0.2, 0.25) is 0 Å². The largest absolute Gasteiger partial charge is 0.358 e. The Labute approximate surface area is 187 Å². The molecule has 4 atom stereocenters. The van der Waals surface area contributed by atoms with E-state index in [-0.39, 0.29) is 24.2 Å². The Bertz CT molecular complexity index is 1300. The lowest BCUT2D eigenvalue weighted by Crippen LogP contribution is -2.58. The Morgan fingerprint density at radius 3 is 2.53 bits per heavy atom. The number of para-hydroxylation sites is 2. The van der Waals surface area contributed by atoms with Crippen LogP contribution in [-0.2, 0) is 0 Å². The zero-order valence-electron chi connectivity index (χ0n) is 18.1. The minimum Gasteiger partial charge on any atom is -0.358 e. The molecule has 0 amide bonds. The van der Waals surface area contributed by atoms with Crippen molar-refractivity contribution in [3.8, 4) is 0 Å². The molecule has 0 spiro atoms. The Balaban J connectivity index is 1.54. The summed E-state index contributed by atoms with van der Waals surface area (Å²) in [4.78, 5) is 18.6. The summed E-state index contributed by atoms with van der Waals surface area (Å²) in [6, 6.07) is 17.5. The first-order valence-electron chi connectivity index (χ1n) is 11.0. The SMILES string of the molecule is C=C1c2ccccc2N2C=CN(C)C2C2C1c1ccccc1N1c3ncncc3N(C)C21. The standard InChI is InChI=1S/C26H24N6/c1-16-17-8-4-6-10-19(17)31-13-12-29(2)25(31)23-22(16)18-9-5-7-11-20(18)32-24-21(14-27-15-28-24)30(3)26(23)32/h4-15,22-23,25-26H,1H2,2-3H3. The first-order chi connectivity index (χ1) is 15.7. The van der Waals surface area contributed by atoms with Crippen LogP contribution in [0.5, 0.6) is 0 Å². The number of rotatable bonds is 0. The number of anilines is 4. The highest BCUT2D eigenvalue weighted by atomic mass is 15.5. The summed E-state index contributed by atoms with van der Waals surface area (Å²) in [5.41, 5.74) is 7.23. The normalized spacial score (nSPS) is 26.8. The lowest BCUT2D eigenvalue weighted by molar-refractivity contribution is 0.208. The fourth-order valence-corrected chi connectivity index (χ4v) is 6.34. The molecule has 158 valence electrons. The van der Waals surface area contributed by atoms with Gasteiger partial charge in [0.25, 0.3) is 0 Å². The molecular formula is C26H24N6. The zero-order valence-corrected chi connectivity index (χ0v) is 18.1. The van der Waals surface area contributed by atoms with Crippen LogP contribution in [0.1, 0.15) is 17.0 Å². The number of hydrogen-bond acceptors (Lipinski definition) is 6. The van der Waals surface area contributed by atoms with Crippen LogP contribution in [0.4, 0.5) is 22.9 Å². The van der Waals surface area contributed by atoms with E-state index in [4.69, 9.17) is 11.6 Å². The number of allylic oxidation sites excluding steroid dienone is 1. The van der Waals surface area contributed by atoms with Crippen LogP contribution in [-0.4, -0.2) is 41.3 Å². The van der Waals surface area contributed by atoms with Crippen molar-refractivity contribution in [2.45, 2.75) is 18.2 Å². The van der Waals surface area contributed by atoms with Crippen LogP contribution < -0.4 is 14.7 Å². The first kappa shape index (κ1) is 17.8. The monoisotopic (exact) mass is 420 g/mol. The van der Waals surface area contributed by atoms with Crippen molar-refractivity contribution < 1.29 is 0 Å². The van der Waals surface area contributed by atoms with Crippen molar-refractivity contribution in [2.24, 2.45) is 5.92 Å². The minimum absolute atomic E-state index is 0.0995. The molecule has 4 aliphatic heterocycles. The molecule has 0 radical (unpaired) electrons. The molecule has 0 N–H and O–H groups in total. The third-order valence-corrected chi connectivity index (χ3v) is 7.62. The zero-order chi connectivity index (χ0) is 21.6. The minimum atomic E-state index is 0.0995. The summed E-state index contributed by atoms with van der Waals surface area (Å²) >= 11 is 0. The molecular weight excluding hydrogens is 396 g/mol. The van der Waals surface area contributed by atoms with Gasteiger partial charge in [-0.25, -0.2) is 9.97 Å². The molecule has 0 saturated heterocycles. The molecule has 6 heteroatoms. The topological polar surface area (TPSA) is 38.7 Å². The quantitative estimate of drug-likeness (QED) is 0.537. The number of nitrogens with zero attached hydrogens (tertiary/aromatic N) is 6. The second-order valence-corrected chi connectivity index (χ2v) is 9.07. The Kier molecular flexibility index (Phi) is 3.42. The highest BCUT2D eigenvalue weighted by molar-refractivity contribution is 5.89. The van der Waals surface area contributed by atoms with Crippen LogP contribution in [0.3, 0.4) is 0 Å². The van der Waals surface area contributed by atoms with Gasteiger partial charge >= 0.3 is 0 Å². The van der Waals surface area contributed by atoms with Gasteiger partial charge in [-0.3, -0.25) is 0 Å². The molecule has 7 rings (SSSR count). The third-order valence-electron chi connectivity index (χ3n) is 7.62. The van der Waals surface area contributed by atoms with Crippen LogP contribution in [0, 0.1) is 5.92 Å². The molecule has 1 aromatic heterocycles. The molecule has 2 aromatic carbocycles. The molecule has 0 fully saturated rings. The van der Waals surface area contributed by atoms with Gasteiger partial charge in [0.15, 0.2) is 5.82 Å². The molecule has 0 aliphatic carbocycles. The van der Waals surface area contributed by atoms with Gasteiger partial charge in [-0.05, 0) is 23.3 Å². The summed E-state index contributed by atoms with van der Waals surface area (Å²) in [5.74, 6) is 1.38. The fourth-order valence-electron chi connectivity index (χ4n) is 6.34. The van der Waals surface area contributed by atoms with Crippen molar-refractivity contribution in [3.63, 3.8) is 0 Å². The highest BCUT2D eigenvalue weighted by Crippen LogP contribution is 2.59. The van der Waals surface area contributed by atoms with Crippen molar-refractivity contribution >= 4 is 28.5 Å². The van der Waals surface area contributed by atoms with E-state index in [1.54, 1.807) is 6.33 Å². The van der Waals surface area contributed by atoms with Crippen LogP contribution in [0.15, 0.2) is 80.0 Å². The van der Waals surface area contributed by atoms with Crippen molar-refractivity contribution in [2.75, 3.05) is 28.8 Å². The summed E-state index contributed by atoms with van der Waals surface area (Å²) in [6.45, 7) is 4.71. The molecule has 0 bridgehead atoms. The van der Waals surface area contributed by atoms with Gasteiger partial charge < -0.3 is 19.6 Å². The number of benzene rings is 2. The molecule has 4 unspecified atom stereocenters. The maximum atomic E-state index is 4.72. The van der Waals surface area contributed by atoms with Gasteiger partial charge in [-0.1, -0.05) is 43.0 Å². The second kappa shape index (κ2) is 6.13. The fraction of sp³-hybridized carbons (Fsp3) is 0.231. The number of hydrogen-bond donors (Lipinski definition) is 0. The van der Waals surface area contributed by atoms with E-state index >= 15 is 0 Å². The van der Waals surface area contributed by atoms with Gasteiger partial charge in [0, 0.05) is 49.6 Å². The lowest BCUT2D eigenvalue weighted by atomic mass is 9.72. The molecule has 5 heterocycles. The average molecular weight is 421 g/mol. The van der Waals surface area contributed by atoms with Gasteiger partial charge in [-0.15, -0.1) is 0 Å². The third kappa shape index (κ3) is 2.04. The number of aromatic nitrogens is 2. The maximum absolute atomic E-state index is 4.72. The molecule has 0 saturated carbocycles. The van der Waals surface area contributed by atoms with E-state index in [0.29, 0.717) is 0 Å². The highest BCUT2D eigenvalue weighted by Gasteiger charge is 2.56. The van der Waals surface area contributed by atoms with Gasteiger partial charge in [0.05, 0.1) is 11.9 Å². The Morgan fingerprint density at radius 2 is 1.66 bits per heavy atom. The molecule has 32 heavy (non-hydrogen) atoms. The van der Waals surface area contributed by atoms with Crippen LogP contribution >= 0.6 is 0 Å². The van der Waals surface area contributed by atoms with E-state index in [1.807, 2.05) is 6.20 Å². The van der Waals surface area contributed by atoms with Crippen molar-refractivity contribution in [1.29, 1.82) is 0 Å².